The Kier molecular flexibility index (Phi) is 5.08. The van der Waals surface area contributed by atoms with Crippen molar-refractivity contribution in [3.63, 3.8) is 0 Å². The molecule has 0 spiro atoms. The van der Waals surface area contributed by atoms with Gasteiger partial charge in [0.1, 0.15) is 0 Å². The first-order valence-electron chi connectivity index (χ1n) is 8.75. The number of aromatic nitrogens is 2. The van der Waals surface area contributed by atoms with E-state index in [2.05, 4.69) is 41.4 Å². The average Bonchev–Trinajstić information content (AvgIpc) is 2.61. The van der Waals surface area contributed by atoms with Gasteiger partial charge in [0, 0.05) is 57.2 Å². The standard InChI is InChI=1S/C19H26N4O2/c1-14-4-6-15(7-5-14)20-16-8-10-23(11-9-16)13-17-12-18(24)22(3)19(25)21(17)2/h4-7,12,16,20H,8-11,13H2,1-3H3. The third kappa shape index (κ3) is 4.02. The van der Waals surface area contributed by atoms with Crippen LogP contribution in [0.4, 0.5) is 5.69 Å². The van der Waals surface area contributed by atoms with E-state index in [1.165, 1.54) is 12.6 Å². The monoisotopic (exact) mass is 342 g/mol. The largest absolute Gasteiger partial charge is 0.382 e. The molecule has 2 aromatic rings. The molecule has 1 aliphatic heterocycles. The number of likely N-dealkylation sites (tertiary alicyclic amines) is 1. The van der Waals surface area contributed by atoms with E-state index < -0.39 is 0 Å². The first-order chi connectivity index (χ1) is 11.9. The lowest BCUT2D eigenvalue weighted by Gasteiger charge is -2.33. The lowest BCUT2D eigenvalue weighted by molar-refractivity contribution is 0.206. The number of benzene rings is 1. The van der Waals surface area contributed by atoms with Crippen molar-refractivity contribution in [1.82, 2.24) is 14.0 Å². The van der Waals surface area contributed by atoms with Crippen molar-refractivity contribution in [3.8, 4) is 0 Å². The number of hydrogen-bond acceptors (Lipinski definition) is 4. The molecule has 25 heavy (non-hydrogen) atoms. The summed E-state index contributed by atoms with van der Waals surface area (Å²) in [7, 11) is 3.24. The van der Waals surface area contributed by atoms with Crippen LogP contribution >= 0.6 is 0 Å². The molecule has 1 aliphatic rings. The van der Waals surface area contributed by atoms with Gasteiger partial charge in [0.2, 0.25) is 0 Å². The van der Waals surface area contributed by atoms with E-state index >= 15 is 0 Å². The van der Waals surface area contributed by atoms with Crippen LogP contribution in [0.25, 0.3) is 0 Å². The molecule has 0 aliphatic carbocycles. The van der Waals surface area contributed by atoms with Gasteiger partial charge >= 0.3 is 5.69 Å². The molecular formula is C19H26N4O2. The summed E-state index contributed by atoms with van der Waals surface area (Å²) >= 11 is 0. The second-order valence-electron chi connectivity index (χ2n) is 6.94. The molecule has 6 nitrogen and oxygen atoms in total. The van der Waals surface area contributed by atoms with Crippen molar-refractivity contribution >= 4 is 5.69 Å². The van der Waals surface area contributed by atoms with Crippen molar-refractivity contribution in [2.45, 2.75) is 32.4 Å². The van der Waals surface area contributed by atoms with Crippen molar-refractivity contribution in [2.75, 3.05) is 18.4 Å². The fourth-order valence-electron chi connectivity index (χ4n) is 3.28. The van der Waals surface area contributed by atoms with E-state index in [9.17, 15) is 9.59 Å². The number of nitrogens with one attached hydrogen (secondary N) is 1. The number of aryl methyl sites for hydroxylation is 1. The first kappa shape index (κ1) is 17.5. The van der Waals surface area contributed by atoms with Gasteiger partial charge in [-0.05, 0) is 31.9 Å². The number of hydrogen-bond donors (Lipinski definition) is 1. The zero-order valence-electron chi connectivity index (χ0n) is 15.2. The number of nitrogens with zero attached hydrogens (tertiary/aromatic N) is 3. The van der Waals surface area contributed by atoms with Gasteiger partial charge in [-0.2, -0.15) is 0 Å². The first-order valence-corrected chi connectivity index (χ1v) is 8.75. The highest BCUT2D eigenvalue weighted by Gasteiger charge is 2.20. The molecule has 0 unspecified atom stereocenters. The zero-order chi connectivity index (χ0) is 18.0. The fraction of sp³-hybridized carbons (Fsp3) is 0.474. The summed E-state index contributed by atoms with van der Waals surface area (Å²) < 4.78 is 2.71. The maximum atomic E-state index is 12.0. The molecule has 0 bridgehead atoms. The van der Waals surface area contributed by atoms with Crippen molar-refractivity contribution in [2.24, 2.45) is 14.1 Å². The van der Waals surface area contributed by atoms with E-state index in [0.29, 0.717) is 12.6 Å². The van der Waals surface area contributed by atoms with Crippen molar-refractivity contribution in [1.29, 1.82) is 0 Å². The second kappa shape index (κ2) is 7.27. The molecule has 0 amide bonds. The normalized spacial score (nSPS) is 16.1. The van der Waals surface area contributed by atoms with Gasteiger partial charge in [-0.15, -0.1) is 0 Å². The summed E-state index contributed by atoms with van der Waals surface area (Å²) in [6.07, 6.45) is 2.10. The average molecular weight is 342 g/mol. The van der Waals surface area contributed by atoms with Gasteiger partial charge in [0.25, 0.3) is 5.56 Å². The Morgan fingerprint density at radius 1 is 1.04 bits per heavy atom. The molecule has 3 rings (SSSR count). The van der Waals surface area contributed by atoms with Gasteiger partial charge in [0.15, 0.2) is 0 Å². The predicted octanol–water partition coefficient (Wildman–Crippen LogP) is 1.47. The molecule has 1 aromatic heterocycles. The Labute approximate surface area is 147 Å². The minimum absolute atomic E-state index is 0.242. The molecule has 6 heteroatoms. The Hall–Kier alpha value is -2.34. The molecule has 1 fully saturated rings. The van der Waals surface area contributed by atoms with E-state index in [-0.39, 0.29) is 11.2 Å². The molecule has 0 atom stereocenters. The summed E-state index contributed by atoms with van der Waals surface area (Å²) in [5.41, 5.74) is 2.70. The van der Waals surface area contributed by atoms with Crippen LogP contribution in [0.2, 0.25) is 0 Å². The topological polar surface area (TPSA) is 59.3 Å². The zero-order valence-corrected chi connectivity index (χ0v) is 15.2. The number of piperidine rings is 1. The van der Waals surface area contributed by atoms with Gasteiger partial charge in [-0.3, -0.25) is 18.8 Å². The highest BCUT2D eigenvalue weighted by Crippen LogP contribution is 2.18. The van der Waals surface area contributed by atoms with Crippen LogP contribution in [0.1, 0.15) is 24.1 Å². The quantitative estimate of drug-likeness (QED) is 0.914. The summed E-state index contributed by atoms with van der Waals surface area (Å²) in [5.74, 6) is 0. The Bertz CT molecular complexity index is 843. The molecule has 0 radical (unpaired) electrons. The predicted molar refractivity (Wildman–Crippen MR) is 100 cm³/mol. The van der Waals surface area contributed by atoms with Crippen LogP contribution in [-0.2, 0) is 20.6 Å². The van der Waals surface area contributed by atoms with E-state index in [4.69, 9.17) is 0 Å². The van der Waals surface area contributed by atoms with Crippen LogP contribution in [0, 0.1) is 6.92 Å². The lowest BCUT2D eigenvalue weighted by atomic mass is 10.0. The molecule has 2 heterocycles. The van der Waals surface area contributed by atoms with E-state index in [1.807, 2.05) is 0 Å². The molecule has 1 saturated heterocycles. The summed E-state index contributed by atoms with van der Waals surface area (Å²) in [6, 6.07) is 10.5. The van der Waals surface area contributed by atoms with Crippen LogP contribution < -0.4 is 16.6 Å². The van der Waals surface area contributed by atoms with Gasteiger partial charge in [0.05, 0.1) is 0 Å². The molecule has 134 valence electrons. The smallest absolute Gasteiger partial charge is 0.330 e. The van der Waals surface area contributed by atoms with E-state index in [0.717, 1.165) is 41.9 Å². The molecule has 0 saturated carbocycles. The maximum absolute atomic E-state index is 12.0. The minimum Gasteiger partial charge on any atom is -0.382 e. The van der Waals surface area contributed by atoms with Crippen LogP contribution in [0.5, 0.6) is 0 Å². The van der Waals surface area contributed by atoms with Gasteiger partial charge in [-0.1, -0.05) is 17.7 Å². The van der Waals surface area contributed by atoms with Gasteiger partial charge < -0.3 is 5.32 Å². The maximum Gasteiger partial charge on any atom is 0.330 e. The Morgan fingerprint density at radius 3 is 2.32 bits per heavy atom. The molecule has 1 aromatic carbocycles. The Morgan fingerprint density at radius 2 is 1.68 bits per heavy atom. The third-order valence-corrected chi connectivity index (χ3v) is 5.02. The highest BCUT2D eigenvalue weighted by atomic mass is 16.2. The summed E-state index contributed by atoms with van der Waals surface area (Å²) in [6.45, 7) is 4.63. The second-order valence-corrected chi connectivity index (χ2v) is 6.94. The Balaban J connectivity index is 1.59. The van der Waals surface area contributed by atoms with Crippen molar-refractivity contribution in [3.05, 3.63) is 62.4 Å². The number of anilines is 1. The summed E-state index contributed by atoms with van der Waals surface area (Å²) in [4.78, 5) is 26.2. The van der Waals surface area contributed by atoms with Crippen LogP contribution in [-0.4, -0.2) is 33.2 Å². The van der Waals surface area contributed by atoms with Crippen molar-refractivity contribution < 1.29 is 0 Å². The number of rotatable bonds is 4. The van der Waals surface area contributed by atoms with Crippen LogP contribution in [0.3, 0.4) is 0 Å². The third-order valence-electron chi connectivity index (χ3n) is 5.02. The minimum atomic E-state index is -0.265. The molecule has 1 N–H and O–H groups in total. The lowest BCUT2D eigenvalue weighted by Crippen LogP contribution is -2.42. The van der Waals surface area contributed by atoms with E-state index in [1.54, 1.807) is 17.7 Å². The van der Waals surface area contributed by atoms with Gasteiger partial charge in [-0.25, -0.2) is 4.79 Å². The fourth-order valence-corrected chi connectivity index (χ4v) is 3.28. The SMILES string of the molecule is Cc1ccc(NC2CCN(Cc3cc(=O)n(C)c(=O)n3C)CC2)cc1. The summed E-state index contributed by atoms with van der Waals surface area (Å²) in [5, 5.41) is 3.59. The molecular weight excluding hydrogens is 316 g/mol. The highest BCUT2D eigenvalue weighted by molar-refractivity contribution is 5.45. The van der Waals surface area contributed by atoms with Crippen LogP contribution in [0.15, 0.2) is 39.9 Å².